The Morgan fingerprint density at radius 2 is 1.69 bits per heavy atom. The van der Waals surface area contributed by atoms with Gasteiger partial charge in [-0.05, 0) is 6.07 Å². The molecule has 0 N–H and O–H groups in total. The molecule has 1 saturated heterocycles. The number of benzene rings is 1. The first-order valence-electron chi connectivity index (χ1n) is 4.38. The number of esters is 2. The van der Waals surface area contributed by atoms with E-state index in [1.165, 1.54) is 0 Å². The molecular weight excluding hydrogens is 225 g/mol. The molecule has 84 valence electrons. The lowest BCUT2D eigenvalue weighted by Crippen LogP contribution is -2.09. The normalized spacial score (nSPS) is 20.1. The Balaban J connectivity index is 2.45. The van der Waals surface area contributed by atoms with E-state index in [9.17, 15) is 22.8 Å². The van der Waals surface area contributed by atoms with Gasteiger partial charge in [-0.1, -0.05) is 0 Å². The number of carbonyl (C=O) groups excluding carboxylic acids is 2. The van der Waals surface area contributed by atoms with Crippen molar-refractivity contribution in [1.29, 1.82) is 0 Å². The zero-order valence-electron chi connectivity index (χ0n) is 7.80. The fraction of sp³-hybridized carbons (Fsp3) is 0.200. The van der Waals surface area contributed by atoms with Gasteiger partial charge in [0.25, 0.3) is 0 Å². The first kappa shape index (κ1) is 10.7. The molecule has 0 bridgehead atoms. The fourth-order valence-electron chi connectivity index (χ4n) is 1.52. The Labute approximate surface area is 87.8 Å². The van der Waals surface area contributed by atoms with Crippen LogP contribution < -0.4 is 0 Å². The Bertz CT molecular complexity index is 484. The van der Waals surface area contributed by atoms with Gasteiger partial charge in [0.1, 0.15) is 5.82 Å². The monoisotopic (exact) mass is 230 g/mol. The summed E-state index contributed by atoms with van der Waals surface area (Å²) in [5.41, 5.74) is -0.366. The predicted octanol–water partition coefficient (Wildman–Crippen LogP) is 1.66. The summed E-state index contributed by atoms with van der Waals surface area (Å²) in [5.74, 6) is -6.64. The molecule has 0 aliphatic carbocycles. The summed E-state index contributed by atoms with van der Waals surface area (Å²) in [6.07, 6.45) is -0.360. The number of cyclic esters (lactones) is 2. The van der Waals surface area contributed by atoms with Crippen LogP contribution in [0.2, 0.25) is 0 Å². The predicted molar refractivity (Wildman–Crippen MR) is 44.8 cm³/mol. The van der Waals surface area contributed by atoms with Crippen LogP contribution in [0.3, 0.4) is 0 Å². The summed E-state index contributed by atoms with van der Waals surface area (Å²) < 4.78 is 42.9. The summed E-state index contributed by atoms with van der Waals surface area (Å²) >= 11 is 0. The van der Waals surface area contributed by atoms with Crippen LogP contribution in [0.4, 0.5) is 13.2 Å². The summed E-state index contributed by atoms with van der Waals surface area (Å²) in [7, 11) is 0. The molecule has 0 spiro atoms. The smallest absolute Gasteiger partial charge is 0.321 e. The average Bonchev–Trinajstić information content (AvgIpc) is 2.51. The van der Waals surface area contributed by atoms with Crippen molar-refractivity contribution in [1.82, 2.24) is 0 Å². The fourth-order valence-corrected chi connectivity index (χ4v) is 1.52. The van der Waals surface area contributed by atoms with Gasteiger partial charge in [-0.3, -0.25) is 9.59 Å². The minimum absolute atomic E-state index is 0.334. The van der Waals surface area contributed by atoms with Crippen LogP contribution in [0.15, 0.2) is 12.1 Å². The van der Waals surface area contributed by atoms with E-state index in [0.717, 1.165) is 0 Å². The largest absolute Gasteiger partial charge is 0.393 e. The second-order valence-electron chi connectivity index (χ2n) is 3.34. The third-order valence-corrected chi connectivity index (χ3v) is 2.28. The Kier molecular flexibility index (Phi) is 2.41. The van der Waals surface area contributed by atoms with Gasteiger partial charge in [0, 0.05) is 11.6 Å². The van der Waals surface area contributed by atoms with Crippen molar-refractivity contribution in [3.8, 4) is 0 Å². The highest BCUT2D eigenvalue weighted by Crippen LogP contribution is 2.30. The lowest BCUT2D eigenvalue weighted by Gasteiger charge is -2.06. The van der Waals surface area contributed by atoms with Gasteiger partial charge in [-0.25, -0.2) is 13.2 Å². The van der Waals surface area contributed by atoms with Gasteiger partial charge in [0.15, 0.2) is 11.6 Å². The van der Waals surface area contributed by atoms with Crippen LogP contribution in [0.25, 0.3) is 0 Å². The zero-order chi connectivity index (χ0) is 11.9. The standard InChI is InChI=1S/C10H5F3O3/c11-6-3-8(13)7(12)1-4(6)5-2-9(14)16-10(5)15/h1,3,5H,2H2. The Morgan fingerprint density at radius 1 is 1.06 bits per heavy atom. The number of hydrogen-bond acceptors (Lipinski definition) is 3. The highest BCUT2D eigenvalue weighted by atomic mass is 19.2. The molecule has 1 atom stereocenters. The van der Waals surface area contributed by atoms with Crippen molar-refractivity contribution in [3.05, 3.63) is 35.1 Å². The highest BCUT2D eigenvalue weighted by molar-refractivity contribution is 5.97. The molecule has 1 aromatic carbocycles. The molecule has 1 aliphatic rings. The van der Waals surface area contributed by atoms with Crippen molar-refractivity contribution in [3.63, 3.8) is 0 Å². The van der Waals surface area contributed by atoms with Crippen molar-refractivity contribution < 1.29 is 27.5 Å². The minimum atomic E-state index is -1.35. The molecular formula is C10H5F3O3. The second-order valence-corrected chi connectivity index (χ2v) is 3.34. The van der Waals surface area contributed by atoms with Crippen LogP contribution in [0.5, 0.6) is 0 Å². The molecule has 1 aliphatic heterocycles. The number of rotatable bonds is 1. The van der Waals surface area contributed by atoms with Gasteiger partial charge >= 0.3 is 11.9 Å². The van der Waals surface area contributed by atoms with Gasteiger partial charge in [0.2, 0.25) is 0 Å². The van der Waals surface area contributed by atoms with E-state index in [2.05, 4.69) is 4.74 Å². The topological polar surface area (TPSA) is 43.4 Å². The quantitative estimate of drug-likeness (QED) is 0.418. The van der Waals surface area contributed by atoms with Gasteiger partial charge in [-0.2, -0.15) is 0 Å². The summed E-state index contributed by atoms with van der Waals surface area (Å²) in [6.45, 7) is 0. The molecule has 0 aromatic heterocycles. The van der Waals surface area contributed by atoms with Crippen molar-refractivity contribution in [2.45, 2.75) is 12.3 Å². The van der Waals surface area contributed by atoms with E-state index >= 15 is 0 Å². The lowest BCUT2D eigenvalue weighted by molar-refractivity contribution is -0.152. The third kappa shape index (κ3) is 1.66. The third-order valence-electron chi connectivity index (χ3n) is 2.28. The van der Waals surface area contributed by atoms with E-state index in [1.807, 2.05) is 0 Å². The van der Waals surface area contributed by atoms with Gasteiger partial charge < -0.3 is 4.74 Å². The van der Waals surface area contributed by atoms with Crippen molar-refractivity contribution >= 4 is 11.9 Å². The molecule has 0 saturated carbocycles. The summed E-state index contributed by atoms with van der Waals surface area (Å²) in [4.78, 5) is 21.9. The average molecular weight is 230 g/mol. The van der Waals surface area contributed by atoms with Crippen LogP contribution in [-0.4, -0.2) is 11.9 Å². The molecule has 1 unspecified atom stereocenters. The van der Waals surface area contributed by atoms with Gasteiger partial charge in [-0.15, -0.1) is 0 Å². The number of hydrogen-bond donors (Lipinski definition) is 0. The zero-order valence-corrected chi connectivity index (χ0v) is 7.80. The molecule has 1 heterocycles. The number of ether oxygens (including phenoxy) is 1. The minimum Gasteiger partial charge on any atom is -0.393 e. The first-order valence-corrected chi connectivity index (χ1v) is 4.38. The van der Waals surface area contributed by atoms with Crippen LogP contribution in [0, 0.1) is 17.5 Å². The van der Waals surface area contributed by atoms with Crippen LogP contribution in [0.1, 0.15) is 17.9 Å². The second kappa shape index (κ2) is 3.62. The van der Waals surface area contributed by atoms with Crippen LogP contribution >= 0.6 is 0 Å². The molecule has 3 nitrogen and oxygen atoms in total. The molecule has 16 heavy (non-hydrogen) atoms. The maximum atomic E-state index is 13.3. The molecule has 0 amide bonds. The Morgan fingerprint density at radius 3 is 2.25 bits per heavy atom. The molecule has 6 heteroatoms. The molecule has 1 aromatic rings. The van der Waals surface area contributed by atoms with E-state index in [0.29, 0.717) is 12.1 Å². The number of carbonyl (C=O) groups is 2. The first-order chi connectivity index (χ1) is 7.49. The van der Waals surface area contributed by atoms with Crippen molar-refractivity contribution in [2.75, 3.05) is 0 Å². The van der Waals surface area contributed by atoms with E-state index in [-0.39, 0.29) is 12.0 Å². The summed E-state index contributed by atoms with van der Waals surface area (Å²) in [5, 5.41) is 0. The molecule has 0 radical (unpaired) electrons. The number of halogens is 3. The molecule has 1 fully saturated rings. The van der Waals surface area contributed by atoms with Crippen LogP contribution in [-0.2, 0) is 14.3 Å². The maximum absolute atomic E-state index is 13.3. The van der Waals surface area contributed by atoms with Gasteiger partial charge in [0.05, 0.1) is 12.3 Å². The van der Waals surface area contributed by atoms with E-state index < -0.39 is 35.3 Å². The van der Waals surface area contributed by atoms with Crippen molar-refractivity contribution in [2.24, 2.45) is 0 Å². The highest BCUT2D eigenvalue weighted by Gasteiger charge is 2.36. The lowest BCUT2D eigenvalue weighted by atomic mass is 9.97. The maximum Gasteiger partial charge on any atom is 0.321 e. The Hall–Kier alpha value is -1.85. The van der Waals surface area contributed by atoms with E-state index in [1.54, 1.807) is 0 Å². The molecule has 2 rings (SSSR count). The van der Waals surface area contributed by atoms with E-state index in [4.69, 9.17) is 0 Å². The SMILES string of the molecule is O=C1CC(c2cc(F)c(F)cc2F)C(=O)O1. The summed E-state index contributed by atoms with van der Waals surface area (Å²) in [6, 6.07) is 0.899.